The van der Waals surface area contributed by atoms with Crippen LogP contribution in [0, 0.1) is 0 Å². The molecule has 0 amide bonds. The van der Waals surface area contributed by atoms with Crippen LogP contribution in [0.4, 0.5) is 0 Å². The summed E-state index contributed by atoms with van der Waals surface area (Å²) in [5, 5.41) is 0.944. The van der Waals surface area contributed by atoms with Crippen LogP contribution in [-0.2, 0) is 6.54 Å². The Morgan fingerprint density at radius 2 is 2.05 bits per heavy atom. The summed E-state index contributed by atoms with van der Waals surface area (Å²) in [7, 11) is 0. The van der Waals surface area contributed by atoms with Crippen molar-refractivity contribution in [3.05, 3.63) is 60.3 Å². The molecule has 3 aromatic rings. The van der Waals surface area contributed by atoms with Gasteiger partial charge in [-0.05, 0) is 12.1 Å². The van der Waals surface area contributed by atoms with E-state index in [-0.39, 0.29) is 5.78 Å². The van der Waals surface area contributed by atoms with Gasteiger partial charge >= 0.3 is 0 Å². The number of rotatable bonds is 4. The molecule has 5 nitrogen and oxygen atoms in total. The Bertz CT molecular complexity index is 758. The molecule has 0 fully saturated rings. The van der Waals surface area contributed by atoms with E-state index in [4.69, 9.17) is 5.73 Å². The largest absolute Gasteiger partial charge is 0.335 e. The predicted octanol–water partition coefficient (Wildman–Crippen LogP) is 1.62. The van der Waals surface area contributed by atoms with E-state index in [0.29, 0.717) is 29.9 Å². The summed E-state index contributed by atoms with van der Waals surface area (Å²) in [5.74, 6) is -0.120. The van der Waals surface area contributed by atoms with Crippen molar-refractivity contribution in [2.45, 2.75) is 6.54 Å². The van der Waals surface area contributed by atoms with Crippen LogP contribution >= 0.6 is 0 Å². The third-order valence-corrected chi connectivity index (χ3v) is 3.13. The lowest BCUT2D eigenvalue weighted by Gasteiger charge is -2.02. The highest BCUT2D eigenvalue weighted by molar-refractivity contribution is 6.14. The SMILES string of the molecule is NCCn1cnc(C(=O)c2cccc3cccnc23)c1. The number of para-hydroxylation sites is 1. The number of ketones is 1. The topological polar surface area (TPSA) is 73.8 Å². The summed E-state index contributed by atoms with van der Waals surface area (Å²) >= 11 is 0. The molecule has 0 saturated carbocycles. The van der Waals surface area contributed by atoms with E-state index in [2.05, 4.69) is 9.97 Å². The minimum atomic E-state index is -0.120. The average molecular weight is 266 g/mol. The summed E-state index contributed by atoms with van der Waals surface area (Å²) in [6, 6.07) is 9.36. The minimum Gasteiger partial charge on any atom is -0.335 e. The maximum Gasteiger partial charge on any atom is 0.215 e. The van der Waals surface area contributed by atoms with Gasteiger partial charge in [0.2, 0.25) is 5.78 Å². The third kappa shape index (κ3) is 2.19. The molecule has 20 heavy (non-hydrogen) atoms. The van der Waals surface area contributed by atoms with Gasteiger partial charge in [-0.3, -0.25) is 9.78 Å². The van der Waals surface area contributed by atoms with Crippen LogP contribution in [0.1, 0.15) is 16.1 Å². The Hall–Kier alpha value is -2.53. The number of hydrogen-bond donors (Lipinski definition) is 1. The highest BCUT2D eigenvalue weighted by Gasteiger charge is 2.15. The van der Waals surface area contributed by atoms with Crippen LogP contribution in [0.2, 0.25) is 0 Å². The van der Waals surface area contributed by atoms with Gasteiger partial charge in [0.25, 0.3) is 0 Å². The zero-order chi connectivity index (χ0) is 13.9. The number of benzene rings is 1. The van der Waals surface area contributed by atoms with E-state index in [1.165, 1.54) is 0 Å². The first-order valence-corrected chi connectivity index (χ1v) is 6.40. The van der Waals surface area contributed by atoms with Gasteiger partial charge in [-0.2, -0.15) is 0 Å². The van der Waals surface area contributed by atoms with Gasteiger partial charge in [-0.25, -0.2) is 4.98 Å². The van der Waals surface area contributed by atoms with Crippen molar-refractivity contribution in [3.8, 4) is 0 Å². The fourth-order valence-corrected chi connectivity index (χ4v) is 2.17. The van der Waals surface area contributed by atoms with Crippen molar-refractivity contribution < 1.29 is 4.79 Å². The van der Waals surface area contributed by atoms with E-state index in [9.17, 15) is 4.79 Å². The summed E-state index contributed by atoms with van der Waals surface area (Å²) in [5.41, 5.74) is 7.17. The van der Waals surface area contributed by atoms with Crippen LogP contribution in [0.15, 0.2) is 49.1 Å². The van der Waals surface area contributed by atoms with Crippen LogP contribution in [0.5, 0.6) is 0 Å². The van der Waals surface area contributed by atoms with Gasteiger partial charge < -0.3 is 10.3 Å². The molecule has 3 rings (SSSR count). The number of hydrogen-bond acceptors (Lipinski definition) is 4. The van der Waals surface area contributed by atoms with Crippen molar-refractivity contribution in [2.24, 2.45) is 5.73 Å². The second kappa shape index (κ2) is 5.22. The van der Waals surface area contributed by atoms with E-state index in [0.717, 1.165) is 5.39 Å². The van der Waals surface area contributed by atoms with E-state index in [1.807, 2.05) is 28.8 Å². The maximum atomic E-state index is 12.5. The van der Waals surface area contributed by atoms with Crippen molar-refractivity contribution in [3.63, 3.8) is 0 Å². The molecule has 0 aliphatic heterocycles. The van der Waals surface area contributed by atoms with E-state index < -0.39 is 0 Å². The summed E-state index contributed by atoms with van der Waals surface area (Å²) < 4.78 is 1.81. The normalized spacial score (nSPS) is 10.8. The van der Waals surface area contributed by atoms with Crippen molar-refractivity contribution in [1.29, 1.82) is 0 Å². The van der Waals surface area contributed by atoms with E-state index in [1.54, 1.807) is 24.8 Å². The number of aromatic nitrogens is 3. The summed E-state index contributed by atoms with van der Waals surface area (Å²) in [4.78, 5) is 21.0. The Kier molecular flexibility index (Phi) is 3.26. The average Bonchev–Trinajstić information content (AvgIpc) is 2.95. The second-order valence-corrected chi connectivity index (χ2v) is 4.50. The maximum absolute atomic E-state index is 12.5. The third-order valence-electron chi connectivity index (χ3n) is 3.13. The highest BCUT2D eigenvalue weighted by Crippen LogP contribution is 2.18. The molecular weight excluding hydrogens is 252 g/mol. The van der Waals surface area contributed by atoms with Gasteiger partial charge in [0.05, 0.1) is 17.4 Å². The van der Waals surface area contributed by atoms with Crippen LogP contribution in [0.25, 0.3) is 10.9 Å². The van der Waals surface area contributed by atoms with E-state index >= 15 is 0 Å². The number of imidazole rings is 1. The molecule has 2 N–H and O–H groups in total. The Morgan fingerprint density at radius 3 is 2.90 bits per heavy atom. The molecule has 0 bridgehead atoms. The van der Waals surface area contributed by atoms with Gasteiger partial charge in [0.1, 0.15) is 5.69 Å². The number of nitrogens with two attached hydrogens (primary N) is 1. The zero-order valence-electron chi connectivity index (χ0n) is 10.9. The van der Waals surface area contributed by atoms with Crippen molar-refractivity contribution >= 4 is 16.7 Å². The Labute approximate surface area is 116 Å². The zero-order valence-corrected chi connectivity index (χ0v) is 10.9. The van der Waals surface area contributed by atoms with Crippen LogP contribution in [0.3, 0.4) is 0 Å². The number of pyridine rings is 1. The first-order valence-electron chi connectivity index (χ1n) is 6.40. The summed E-state index contributed by atoms with van der Waals surface area (Å²) in [6.45, 7) is 1.16. The van der Waals surface area contributed by atoms with Crippen molar-refractivity contribution in [2.75, 3.05) is 6.54 Å². The molecule has 2 heterocycles. The van der Waals surface area contributed by atoms with Gasteiger partial charge in [-0.1, -0.05) is 18.2 Å². The molecule has 100 valence electrons. The lowest BCUT2D eigenvalue weighted by molar-refractivity contribution is 0.103. The lowest BCUT2D eigenvalue weighted by Crippen LogP contribution is -2.08. The molecule has 0 saturated heterocycles. The number of fused-ring (bicyclic) bond motifs is 1. The van der Waals surface area contributed by atoms with Crippen LogP contribution < -0.4 is 5.73 Å². The Balaban J connectivity index is 2.03. The molecule has 0 aliphatic carbocycles. The molecule has 1 aromatic carbocycles. The first-order chi connectivity index (χ1) is 9.79. The fourth-order valence-electron chi connectivity index (χ4n) is 2.17. The molecule has 0 aliphatic rings. The molecular formula is C15H14N4O. The molecule has 5 heteroatoms. The lowest BCUT2D eigenvalue weighted by atomic mass is 10.0. The number of nitrogens with zero attached hydrogens (tertiary/aromatic N) is 3. The minimum absolute atomic E-state index is 0.120. The molecule has 0 atom stereocenters. The van der Waals surface area contributed by atoms with Gasteiger partial charge in [0, 0.05) is 30.9 Å². The van der Waals surface area contributed by atoms with Gasteiger partial charge in [0.15, 0.2) is 0 Å². The second-order valence-electron chi connectivity index (χ2n) is 4.50. The smallest absolute Gasteiger partial charge is 0.215 e. The standard InChI is InChI=1S/C15H14N4O/c16-6-8-19-9-13(18-10-19)15(20)12-5-1-3-11-4-2-7-17-14(11)12/h1-5,7,9-10H,6,8,16H2. The van der Waals surface area contributed by atoms with Crippen molar-refractivity contribution in [1.82, 2.24) is 14.5 Å². The monoisotopic (exact) mass is 266 g/mol. The Morgan fingerprint density at radius 1 is 1.20 bits per heavy atom. The van der Waals surface area contributed by atoms with Crippen LogP contribution in [-0.4, -0.2) is 26.9 Å². The number of carbonyl (C=O) groups excluding carboxylic acids is 1. The highest BCUT2D eigenvalue weighted by atomic mass is 16.1. The molecule has 0 radical (unpaired) electrons. The molecule has 2 aromatic heterocycles. The molecule has 0 unspecified atom stereocenters. The molecule has 0 spiro atoms. The summed E-state index contributed by atoms with van der Waals surface area (Å²) in [6.07, 6.45) is 5.03. The predicted molar refractivity (Wildman–Crippen MR) is 76.5 cm³/mol. The number of carbonyl (C=O) groups is 1. The quantitative estimate of drug-likeness (QED) is 0.728. The van der Waals surface area contributed by atoms with Gasteiger partial charge in [-0.15, -0.1) is 0 Å². The first kappa shape index (κ1) is 12.5. The fraction of sp³-hybridized carbons (Fsp3) is 0.133.